The van der Waals surface area contributed by atoms with E-state index >= 15 is 4.39 Å². The number of benzene rings is 1. The highest BCUT2D eigenvalue weighted by Gasteiger charge is 2.21. The minimum Gasteiger partial charge on any atom is -0.368 e. The molecule has 4 rings (SSSR count). The zero-order valence-corrected chi connectivity index (χ0v) is 19.8. The molecule has 0 saturated carbocycles. The number of piperazine rings is 1. The molecule has 3 aromatic rings. The van der Waals surface area contributed by atoms with Gasteiger partial charge in [0.1, 0.15) is 11.4 Å². The summed E-state index contributed by atoms with van der Waals surface area (Å²) in [5.74, 6) is -2.20. The van der Waals surface area contributed by atoms with Gasteiger partial charge in [0.15, 0.2) is 11.6 Å². The van der Waals surface area contributed by atoms with Crippen molar-refractivity contribution in [2.75, 3.05) is 48.1 Å². The molecule has 1 aromatic carbocycles. The minimum absolute atomic E-state index is 0.191. The van der Waals surface area contributed by atoms with Gasteiger partial charge in [0.2, 0.25) is 10.0 Å². The number of anilines is 2. The van der Waals surface area contributed by atoms with Crippen LogP contribution >= 0.6 is 0 Å². The molecular formula is C22H24F2N8O2S. The van der Waals surface area contributed by atoms with E-state index in [1.807, 2.05) is 6.07 Å². The summed E-state index contributed by atoms with van der Waals surface area (Å²) in [4.78, 5) is 8.48. The smallest absolute Gasteiger partial charge is 0.232 e. The predicted octanol–water partition coefficient (Wildman–Crippen LogP) is 2.40. The fraction of sp³-hybridized carbons (Fsp3) is 0.364. The van der Waals surface area contributed by atoms with Gasteiger partial charge in [-0.2, -0.15) is 5.26 Å². The second-order valence-electron chi connectivity index (χ2n) is 8.08. The van der Waals surface area contributed by atoms with Crippen molar-refractivity contribution in [1.82, 2.24) is 24.9 Å². The first-order valence-corrected chi connectivity index (χ1v) is 12.7. The number of aromatic nitrogens is 4. The third-order valence-corrected chi connectivity index (χ3v) is 7.06. The molecule has 3 heterocycles. The summed E-state index contributed by atoms with van der Waals surface area (Å²) >= 11 is 0. The molecule has 2 aromatic heterocycles. The van der Waals surface area contributed by atoms with Crippen molar-refractivity contribution >= 4 is 21.4 Å². The van der Waals surface area contributed by atoms with E-state index in [9.17, 15) is 12.8 Å². The van der Waals surface area contributed by atoms with Crippen LogP contribution in [-0.2, 0) is 10.0 Å². The first kappa shape index (κ1) is 24.5. The third-order valence-electron chi connectivity index (χ3n) is 5.58. The number of nitrogens with one attached hydrogen (secondary N) is 1. The molecule has 1 fully saturated rings. The van der Waals surface area contributed by atoms with Gasteiger partial charge in [0.25, 0.3) is 0 Å². The lowest BCUT2D eigenvalue weighted by molar-refractivity contribution is 0.287. The molecule has 0 radical (unpaired) electrons. The van der Waals surface area contributed by atoms with Crippen LogP contribution in [0.2, 0.25) is 0 Å². The summed E-state index contributed by atoms with van der Waals surface area (Å²) < 4.78 is 56.8. The summed E-state index contributed by atoms with van der Waals surface area (Å²) in [5, 5.41) is 16.8. The van der Waals surface area contributed by atoms with Crippen molar-refractivity contribution in [2.24, 2.45) is 0 Å². The number of hydrogen-bond acceptors (Lipinski definition) is 8. The summed E-state index contributed by atoms with van der Waals surface area (Å²) in [6.07, 6.45) is 5.00. The quantitative estimate of drug-likeness (QED) is 0.467. The van der Waals surface area contributed by atoms with Crippen LogP contribution in [0.5, 0.6) is 0 Å². The van der Waals surface area contributed by atoms with Gasteiger partial charge in [0.05, 0.1) is 42.1 Å². The van der Waals surface area contributed by atoms with Crippen LogP contribution in [0.1, 0.15) is 13.3 Å². The van der Waals surface area contributed by atoms with Crippen molar-refractivity contribution < 1.29 is 17.2 Å². The maximum absolute atomic E-state index is 15.1. The largest absolute Gasteiger partial charge is 0.368 e. The Morgan fingerprint density at radius 2 is 1.94 bits per heavy atom. The number of pyridine rings is 1. The van der Waals surface area contributed by atoms with Gasteiger partial charge in [-0.05, 0) is 24.6 Å². The number of sulfonamides is 1. The van der Waals surface area contributed by atoms with E-state index in [1.165, 1.54) is 6.20 Å². The van der Waals surface area contributed by atoms with Crippen LogP contribution in [0.4, 0.5) is 20.2 Å². The van der Waals surface area contributed by atoms with E-state index < -0.39 is 27.3 Å². The summed E-state index contributed by atoms with van der Waals surface area (Å²) in [6, 6.07) is 6.02. The average molecular weight is 503 g/mol. The molecule has 35 heavy (non-hydrogen) atoms. The highest BCUT2D eigenvalue weighted by molar-refractivity contribution is 7.92. The Bertz CT molecular complexity index is 1350. The standard InChI is InChI=1S/C22H24F2N8O2S/c1-2-11-35(33,34)28-19-4-3-18(23)22(21(19)24)32-15-20(27-29-32)16-12-17(14-26-13-16)31-9-7-30(6-5-25)8-10-31/h3-4,12-15,28H,2,6-11H2,1H3. The van der Waals surface area contributed by atoms with Crippen molar-refractivity contribution in [2.45, 2.75) is 13.3 Å². The lowest BCUT2D eigenvalue weighted by Crippen LogP contribution is -2.46. The molecule has 184 valence electrons. The summed E-state index contributed by atoms with van der Waals surface area (Å²) in [6.45, 7) is 5.05. The van der Waals surface area contributed by atoms with Crippen LogP contribution in [0.15, 0.2) is 36.8 Å². The molecule has 1 aliphatic rings. The molecule has 1 saturated heterocycles. The summed E-state index contributed by atoms with van der Waals surface area (Å²) in [7, 11) is -3.77. The van der Waals surface area contributed by atoms with E-state index in [4.69, 9.17) is 5.26 Å². The zero-order chi connectivity index (χ0) is 25.0. The van der Waals surface area contributed by atoms with Crippen molar-refractivity contribution in [3.05, 3.63) is 48.4 Å². The zero-order valence-electron chi connectivity index (χ0n) is 19.0. The molecule has 0 aliphatic carbocycles. The fourth-order valence-corrected chi connectivity index (χ4v) is 4.96. The molecule has 0 amide bonds. The minimum atomic E-state index is -3.77. The van der Waals surface area contributed by atoms with Gasteiger partial charge in [-0.1, -0.05) is 12.1 Å². The Morgan fingerprint density at radius 3 is 2.66 bits per heavy atom. The Hall–Kier alpha value is -3.63. The second-order valence-corrected chi connectivity index (χ2v) is 9.92. The number of nitrogens with zero attached hydrogens (tertiary/aromatic N) is 7. The highest BCUT2D eigenvalue weighted by Crippen LogP contribution is 2.28. The normalized spacial score (nSPS) is 14.6. The number of rotatable bonds is 8. The Kier molecular flexibility index (Phi) is 7.23. The van der Waals surface area contributed by atoms with Gasteiger partial charge >= 0.3 is 0 Å². The van der Waals surface area contributed by atoms with Gasteiger partial charge in [-0.25, -0.2) is 21.9 Å². The number of halogens is 2. The van der Waals surface area contributed by atoms with E-state index in [1.54, 1.807) is 19.3 Å². The molecule has 0 bridgehead atoms. The molecular weight excluding hydrogens is 478 g/mol. The van der Waals surface area contributed by atoms with Crippen LogP contribution < -0.4 is 9.62 Å². The third kappa shape index (κ3) is 5.55. The van der Waals surface area contributed by atoms with Gasteiger partial charge < -0.3 is 4.90 Å². The predicted molar refractivity (Wildman–Crippen MR) is 126 cm³/mol. The average Bonchev–Trinajstić information content (AvgIpc) is 3.32. The van der Waals surface area contributed by atoms with Crippen LogP contribution in [0, 0.1) is 23.0 Å². The van der Waals surface area contributed by atoms with Crippen molar-refractivity contribution in [3.63, 3.8) is 0 Å². The summed E-state index contributed by atoms with van der Waals surface area (Å²) in [5.41, 5.74) is 0.898. The lowest BCUT2D eigenvalue weighted by Gasteiger charge is -2.34. The van der Waals surface area contributed by atoms with E-state index in [-0.39, 0.29) is 11.4 Å². The van der Waals surface area contributed by atoms with E-state index in [0.717, 1.165) is 48.7 Å². The first-order chi connectivity index (χ1) is 16.8. The Morgan fingerprint density at radius 1 is 1.17 bits per heavy atom. The monoisotopic (exact) mass is 502 g/mol. The molecule has 0 atom stereocenters. The SMILES string of the molecule is CCCS(=O)(=O)Nc1ccc(F)c(-n2cc(-c3cncc(N4CCN(CC#N)CC4)c3)nn2)c1F. The maximum Gasteiger partial charge on any atom is 0.232 e. The fourth-order valence-electron chi connectivity index (χ4n) is 3.83. The van der Waals surface area contributed by atoms with Gasteiger partial charge in [-0.3, -0.25) is 14.6 Å². The number of hydrogen-bond donors (Lipinski definition) is 1. The van der Waals surface area contributed by atoms with Gasteiger partial charge in [0, 0.05) is 37.9 Å². The lowest BCUT2D eigenvalue weighted by atomic mass is 10.2. The van der Waals surface area contributed by atoms with Gasteiger partial charge in [-0.15, -0.1) is 5.10 Å². The highest BCUT2D eigenvalue weighted by atomic mass is 32.2. The van der Waals surface area contributed by atoms with Crippen molar-refractivity contribution in [1.29, 1.82) is 5.26 Å². The number of nitriles is 1. The molecule has 10 nitrogen and oxygen atoms in total. The maximum atomic E-state index is 15.1. The van der Waals surface area contributed by atoms with E-state index in [2.05, 4.69) is 35.9 Å². The van der Waals surface area contributed by atoms with Crippen LogP contribution in [-0.4, -0.2) is 71.8 Å². The van der Waals surface area contributed by atoms with Crippen molar-refractivity contribution in [3.8, 4) is 23.0 Å². The second kappa shape index (κ2) is 10.3. The van der Waals surface area contributed by atoms with Crippen LogP contribution in [0.25, 0.3) is 16.9 Å². The Labute approximate surface area is 201 Å². The molecule has 1 aliphatic heterocycles. The van der Waals surface area contributed by atoms with E-state index in [0.29, 0.717) is 24.2 Å². The topological polar surface area (TPSA) is 120 Å². The molecule has 0 unspecified atom stereocenters. The molecule has 1 N–H and O–H groups in total. The first-order valence-electron chi connectivity index (χ1n) is 11.0. The van der Waals surface area contributed by atoms with Crippen LogP contribution in [0.3, 0.4) is 0 Å². The Balaban J connectivity index is 1.58. The molecule has 13 heteroatoms. The molecule has 0 spiro atoms.